The predicted octanol–water partition coefficient (Wildman–Crippen LogP) is 3.77. The lowest BCUT2D eigenvalue weighted by Crippen LogP contribution is -2.49. The molecule has 0 aliphatic carbocycles. The molecule has 1 aliphatic rings. The fraction of sp³-hybridized carbons (Fsp3) is 0.421. The van der Waals surface area contributed by atoms with Crippen molar-refractivity contribution in [2.45, 2.75) is 19.1 Å². The Morgan fingerprint density at radius 1 is 1.19 bits per heavy atom. The summed E-state index contributed by atoms with van der Waals surface area (Å²) in [7, 11) is 0. The van der Waals surface area contributed by atoms with E-state index in [-0.39, 0.29) is 11.9 Å². The summed E-state index contributed by atoms with van der Waals surface area (Å²) in [5.74, 6) is -0.0385. The summed E-state index contributed by atoms with van der Waals surface area (Å²) in [5.41, 5.74) is -0.0652. The highest BCUT2D eigenvalue weighted by atomic mass is 32.1. The second-order valence-electron chi connectivity index (χ2n) is 6.62. The third-order valence-electron chi connectivity index (χ3n) is 4.63. The second kappa shape index (κ2) is 8.31. The van der Waals surface area contributed by atoms with Crippen molar-refractivity contribution in [3.05, 3.63) is 52.2 Å². The Labute approximate surface area is 160 Å². The van der Waals surface area contributed by atoms with Gasteiger partial charge in [-0.3, -0.25) is 9.69 Å². The molecule has 0 radical (unpaired) electrons. The summed E-state index contributed by atoms with van der Waals surface area (Å²) >= 11 is 1.60. The highest BCUT2D eigenvalue weighted by molar-refractivity contribution is 7.10. The highest BCUT2D eigenvalue weighted by Gasteiger charge is 2.31. The van der Waals surface area contributed by atoms with Crippen LogP contribution in [0.2, 0.25) is 0 Å². The van der Waals surface area contributed by atoms with Crippen LogP contribution < -0.4 is 10.2 Å². The van der Waals surface area contributed by atoms with E-state index in [0.717, 1.165) is 10.9 Å². The Bertz CT molecular complexity index is 756. The van der Waals surface area contributed by atoms with E-state index in [1.807, 2.05) is 34.2 Å². The zero-order valence-electron chi connectivity index (χ0n) is 15.0. The number of hydrogen-bond acceptors (Lipinski definition) is 4. The summed E-state index contributed by atoms with van der Waals surface area (Å²) < 4.78 is 38.6. The molecular formula is C19H22F3N3OS. The maximum atomic E-state index is 12.9. The molecule has 3 rings (SSSR count). The zero-order valence-corrected chi connectivity index (χ0v) is 15.8. The van der Waals surface area contributed by atoms with Gasteiger partial charge in [0.1, 0.15) is 0 Å². The molecular weight excluding hydrogens is 375 g/mol. The van der Waals surface area contributed by atoms with Crippen LogP contribution in [-0.2, 0) is 11.0 Å². The summed E-state index contributed by atoms with van der Waals surface area (Å²) in [4.78, 5) is 17.3. The van der Waals surface area contributed by atoms with Gasteiger partial charge in [0.05, 0.1) is 18.2 Å². The van der Waals surface area contributed by atoms with Crippen LogP contribution in [0, 0.1) is 0 Å². The molecule has 0 bridgehead atoms. The number of nitrogens with zero attached hydrogens (tertiary/aromatic N) is 2. The van der Waals surface area contributed by atoms with Crippen LogP contribution in [0.15, 0.2) is 41.8 Å². The zero-order chi connectivity index (χ0) is 19.4. The number of thiophene rings is 1. The molecule has 1 fully saturated rings. The molecule has 1 N–H and O–H groups in total. The van der Waals surface area contributed by atoms with Gasteiger partial charge >= 0.3 is 6.18 Å². The third kappa shape index (κ3) is 5.23. The lowest BCUT2D eigenvalue weighted by Gasteiger charge is -2.36. The van der Waals surface area contributed by atoms with E-state index in [0.29, 0.717) is 38.4 Å². The predicted molar refractivity (Wildman–Crippen MR) is 101 cm³/mol. The Morgan fingerprint density at radius 2 is 1.93 bits per heavy atom. The van der Waals surface area contributed by atoms with Gasteiger partial charge in [-0.15, -0.1) is 11.3 Å². The summed E-state index contributed by atoms with van der Waals surface area (Å²) in [5, 5.41) is 4.96. The molecule has 1 aliphatic heterocycles. The Hall–Kier alpha value is -2.06. The largest absolute Gasteiger partial charge is 0.416 e. The molecule has 0 saturated carbocycles. The van der Waals surface area contributed by atoms with Crippen LogP contribution in [0.1, 0.15) is 23.4 Å². The first kappa shape index (κ1) is 19.7. The van der Waals surface area contributed by atoms with Crippen LogP contribution in [0.25, 0.3) is 0 Å². The smallest absolute Gasteiger partial charge is 0.369 e. The van der Waals surface area contributed by atoms with E-state index >= 15 is 0 Å². The number of alkyl halides is 3. The van der Waals surface area contributed by atoms with Crippen molar-refractivity contribution in [1.82, 2.24) is 10.2 Å². The quantitative estimate of drug-likeness (QED) is 0.834. The highest BCUT2D eigenvalue weighted by Crippen LogP contribution is 2.31. The number of nitrogens with one attached hydrogen (secondary N) is 1. The first-order chi connectivity index (χ1) is 12.8. The molecule has 146 valence electrons. The van der Waals surface area contributed by atoms with Crippen LogP contribution in [0.3, 0.4) is 0 Å². The SMILES string of the molecule is C[C@H](NC(=O)CN1CCN(c2cccc(C(F)(F)F)c2)CC1)c1cccs1. The number of carbonyl (C=O) groups is 1. The number of halogens is 3. The van der Waals surface area contributed by atoms with E-state index in [2.05, 4.69) is 5.32 Å². The van der Waals surface area contributed by atoms with Gasteiger partial charge in [-0.25, -0.2) is 0 Å². The monoisotopic (exact) mass is 397 g/mol. The number of amides is 1. The summed E-state index contributed by atoms with van der Waals surface area (Å²) in [6.45, 7) is 4.71. The third-order valence-corrected chi connectivity index (χ3v) is 5.68. The second-order valence-corrected chi connectivity index (χ2v) is 7.60. The maximum Gasteiger partial charge on any atom is 0.416 e. The van der Waals surface area contributed by atoms with E-state index in [1.54, 1.807) is 17.4 Å². The van der Waals surface area contributed by atoms with Crippen molar-refractivity contribution in [2.24, 2.45) is 0 Å². The Balaban J connectivity index is 1.50. The lowest BCUT2D eigenvalue weighted by atomic mass is 10.1. The number of anilines is 1. The number of carbonyl (C=O) groups excluding carboxylic acids is 1. The van der Waals surface area contributed by atoms with Crippen molar-refractivity contribution in [1.29, 1.82) is 0 Å². The van der Waals surface area contributed by atoms with Gasteiger partial charge in [0.25, 0.3) is 0 Å². The number of hydrogen-bond donors (Lipinski definition) is 1. The fourth-order valence-electron chi connectivity index (χ4n) is 3.14. The van der Waals surface area contributed by atoms with Crippen molar-refractivity contribution in [3.8, 4) is 0 Å². The number of rotatable bonds is 5. The van der Waals surface area contributed by atoms with Gasteiger partial charge in [0.15, 0.2) is 0 Å². The Morgan fingerprint density at radius 3 is 2.56 bits per heavy atom. The molecule has 27 heavy (non-hydrogen) atoms. The standard InChI is InChI=1S/C19H22F3N3OS/c1-14(17-6-3-11-27-17)23-18(26)13-24-7-9-25(10-8-24)16-5-2-4-15(12-16)19(20,21)22/h2-6,11-12,14H,7-10,13H2,1H3,(H,23,26)/t14-/m0/s1. The molecule has 1 saturated heterocycles. The minimum atomic E-state index is -4.34. The summed E-state index contributed by atoms with van der Waals surface area (Å²) in [6, 6.07) is 9.32. The molecule has 1 atom stereocenters. The molecule has 0 unspecified atom stereocenters. The van der Waals surface area contributed by atoms with Crippen LogP contribution in [0.5, 0.6) is 0 Å². The number of benzene rings is 1. The fourth-order valence-corrected chi connectivity index (χ4v) is 3.88. The van der Waals surface area contributed by atoms with Gasteiger partial charge in [0.2, 0.25) is 5.91 Å². The summed E-state index contributed by atoms with van der Waals surface area (Å²) in [6.07, 6.45) is -4.34. The van der Waals surface area contributed by atoms with Crippen molar-refractivity contribution in [3.63, 3.8) is 0 Å². The average molecular weight is 397 g/mol. The van der Waals surface area contributed by atoms with Gasteiger partial charge < -0.3 is 10.2 Å². The molecule has 1 amide bonds. The van der Waals surface area contributed by atoms with Crippen molar-refractivity contribution >= 4 is 22.9 Å². The van der Waals surface area contributed by atoms with Gasteiger partial charge in [-0.05, 0) is 36.6 Å². The minimum absolute atomic E-state index is 0.0242. The van der Waals surface area contributed by atoms with E-state index < -0.39 is 11.7 Å². The van der Waals surface area contributed by atoms with Gasteiger partial charge in [-0.1, -0.05) is 12.1 Å². The molecule has 4 nitrogen and oxygen atoms in total. The first-order valence-electron chi connectivity index (χ1n) is 8.80. The molecule has 1 aromatic carbocycles. The van der Waals surface area contributed by atoms with Crippen LogP contribution >= 0.6 is 11.3 Å². The van der Waals surface area contributed by atoms with Crippen molar-refractivity contribution < 1.29 is 18.0 Å². The van der Waals surface area contributed by atoms with E-state index in [4.69, 9.17) is 0 Å². The topological polar surface area (TPSA) is 35.6 Å². The van der Waals surface area contributed by atoms with E-state index in [9.17, 15) is 18.0 Å². The Kier molecular flexibility index (Phi) is 6.06. The molecule has 8 heteroatoms. The maximum absolute atomic E-state index is 12.9. The van der Waals surface area contributed by atoms with Crippen molar-refractivity contribution in [2.75, 3.05) is 37.6 Å². The minimum Gasteiger partial charge on any atom is -0.369 e. The molecule has 2 aromatic rings. The van der Waals surface area contributed by atoms with Crippen LogP contribution in [-0.4, -0.2) is 43.5 Å². The lowest BCUT2D eigenvalue weighted by molar-refractivity contribution is -0.137. The average Bonchev–Trinajstić information content (AvgIpc) is 3.16. The van der Waals surface area contributed by atoms with E-state index in [1.165, 1.54) is 12.1 Å². The molecule has 1 aromatic heterocycles. The van der Waals surface area contributed by atoms with Gasteiger partial charge in [-0.2, -0.15) is 13.2 Å². The van der Waals surface area contributed by atoms with Gasteiger partial charge in [0, 0.05) is 36.7 Å². The van der Waals surface area contributed by atoms with Crippen LogP contribution in [0.4, 0.5) is 18.9 Å². The normalized spacial score (nSPS) is 17.0. The molecule has 2 heterocycles. The number of piperazine rings is 1. The molecule has 0 spiro atoms. The first-order valence-corrected chi connectivity index (χ1v) is 9.68.